The molecule has 2 aliphatic carbocycles. The molecule has 4 aromatic rings. The van der Waals surface area contributed by atoms with Crippen molar-refractivity contribution in [1.29, 1.82) is 0 Å². The van der Waals surface area contributed by atoms with Gasteiger partial charge in [-0.1, -0.05) is 23.7 Å². The summed E-state index contributed by atoms with van der Waals surface area (Å²) in [5, 5.41) is 26.8. The van der Waals surface area contributed by atoms with Gasteiger partial charge >= 0.3 is 0 Å². The molecule has 0 saturated heterocycles. The fourth-order valence-corrected chi connectivity index (χ4v) is 5.36. The van der Waals surface area contributed by atoms with Gasteiger partial charge in [-0.3, -0.25) is 0 Å². The number of rotatable bonds is 7. The summed E-state index contributed by atoms with van der Waals surface area (Å²) in [7, 11) is 6.20. The third-order valence-electron chi connectivity index (χ3n) is 7.64. The van der Waals surface area contributed by atoms with E-state index in [4.69, 9.17) is 18.6 Å². The lowest BCUT2D eigenvalue weighted by Crippen LogP contribution is -2.29. The molecule has 2 fully saturated rings. The lowest BCUT2D eigenvalue weighted by atomic mass is 9.93. The van der Waals surface area contributed by atoms with E-state index in [-0.39, 0.29) is 12.0 Å². The number of anilines is 2. The molecule has 2 aliphatic rings. The summed E-state index contributed by atoms with van der Waals surface area (Å²) in [5.74, 6) is 1.88. The average molecular weight is 468 g/mol. The summed E-state index contributed by atoms with van der Waals surface area (Å²) < 4.78 is 1.92. The number of aromatic nitrogens is 4. The molecule has 6 rings (SSSR count). The van der Waals surface area contributed by atoms with Crippen LogP contribution < -0.4 is 16.5 Å². The zero-order valence-corrected chi connectivity index (χ0v) is 19.5. The van der Waals surface area contributed by atoms with Crippen molar-refractivity contribution < 1.29 is 10.2 Å². The second kappa shape index (κ2) is 8.80. The topological polar surface area (TPSA) is 122 Å². The van der Waals surface area contributed by atoms with Gasteiger partial charge in [-0.05, 0) is 67.0 Å². The minimum Gasteiger partial charge on any atom is -0.390 e. The van der Waals surface area contributed by atoms with Crippen molar-refractivity contribution in [2.75, 3.05) is 17.6 Å². The number of pyridine rings is 1. The van der Waals surface area contributed by atoms with Crippen LogP contribution in [0.15, 0.2) is 42.9 Å². The summed E-state index contributed by atoms with van der Waals surface area (Å²) >= 11 is 0. The summed E-state index contributed by atoms with van der Waals surface area (Å²) in [5.41, 5.74) is 9.38. The number of aryl methyl sites for hydroxylation is 1. The van der Waals surface area contributed by atoms with E-state index in [0.29, 0.717) is 23.3 Å². The smallest absolute Gasteiger partial charge is 0.145 e. The Labute approximate surface area is 205 Å². The molecule has 2 radical (unpaired) electrons. The standard InChI is InChI=1S/C26H29BN6O2/c27-19-10-16-5-3-14(9-20(16)32-25(19)29-12-15-1-2-15)4-6-17-11-21(23(35)22(17)34)33-8-7-18-24(28)30-13-31-26(18)33/h3,5,7-10,13,15,17,21-23,34-35H,1-2,4,6,11-12H2,(H,29,32)(H2,28,30,31)/t17-,21+,22+,23-/m0/s1. The SMILES string of the molecule is [B]c1cc2ccc(CC[C@H]3C[C@@H](n4ccc5c(N)ncnc54)[C@H](O)[C@@H]3O)cc2nc1NCC1CC1. The molecule has 2 saturated carbocycles. The minimum absolute atomic E-state index is 0.0301. The van der Waals surface area contributed by atoms with Crippen LogP contribution in [0.3, 0.4) is 0 Å². The molecule has 5 N–H and O–H groups in total. The number of hydrogen-bond donors (Lipinski definition) is 4. The lowest BCUT2D eigenvalue weighted by Gasteiger charge is -2.19. The number of nitrogens with zero attached hydrogens (tertiary/aromatic N) is 4. The summed E-state index contributed by atoms with van der Waals surface area (Å²) in [6.07, 6.45) is 6.39. The predicted molar refractivity (Wildman–Crippen MR) is 138 cm³/mol. The average Bonchev–Trinajstić information content (AvgIpc) is 3.52. The van der Waals surface area contributed by atoms with E-state index >= 15 is 0 Å². The maximum Gasteiger partial charge on any atom is 0.145 e. The van der Waals surface area contributed by atoms with Crippen LogP contribution >= 0.6 is 0 Å². The highest BCUT2D eigenvalue weighted by Gasteiger charge is 2.42. The number of hydrogen-bond acceptors (Lipinski definition) is 7. The van der Waals surface area contributed by atoms with Gasteiger partial charge in [0.2, 0.25) is 0 Å². The normalized spacial score (nSPS) is 24.4. The van der Waals surface area contributed by atoms with E-state index in [0.717, 1.165) is 53.0 Å². The zero-order chi connectivity index (χ0) is 24.1. The molecular formula is C26H29BN6O2. The summed E-state index contributed by atoms with van der Waals surface area (Å²) in [4.78, 5) is 13.2. The highest BCUT2D eigenvalue weighted by atomic mass is 16.3. The van der Waals surface area contributed by atoms with E-state index in [9.17, 15) is 10.2 Å². The van der Waals surface area contributed by atoms with E-state index in [1.54, 1.807) is 0 Å². The molecule has 3 heterocycles. The zero-order valence-electron chi connectivity index (χ0n) is 19.5. The third kappa shape index (κ3) is 4.23. The van der Waals surface area contributed by atoms with E-state index in [1.165, 1.54) is 19.2 Å². The first-order valence-corrected chi connectivity index (χ1v) is 12.3. The number of aliphatic hydroxyl groups is 2. The molecule has 3 aromatic heterocycles. The maximum atomic E-state index is 10.8. The minimum atomic E-state index is -0.867. The van der Waals surface area contributed by atoms with Crippen molar-refractivity contribution in [3.8, 4) is 0 Å². The van der Waals surface area contributed by atoms with Gasteiger partial charge in [0, 0.05) is 12.7 Å². The quantitative estimate of drug-likeness (QED) is 0.307. The van der Waals surface area contributed by atoms with Gasteiger partial charge in [0.15, 0.2) is 0 Å². The van der Waals surface area contributed by atoms with Crippen LogP contribution in [0.2, 0.25) is 0 Å². The fourth-order valence-electron chi connectivity index (χ4n) is 5.36. The number of fused-ring (bicyclic) bond motifs is 2. The van der Waals surface area contributed by atoms with Crippen LogP contribution in [0.4, 0.5) is 11.6 Å². The van der Waals surface area contributed by atoms with Crippen molar-refractivity contribution in [3.63, 3.8) is 0 Å². The summed E-state index contributed by atoms with van der Waals surface area (Å²) in [6, 6.07) is 9.82. The maximum absolute atomic E-state index is 10.8. The van der Waals surface area contributed by atoms with Crippen LogP contribution in [0.5, 0.6) is 0 Å². The molecule has 0 unspecified atom stereocenters. The van der Waals surface area contributed by atoms with Crippen LogP contribution in [0.25, 0.3) is 21.9 Å². The molecule has 4 atom stereocenters. The van der Waals surface area contributed by atoms with Gasteiger partial charge in [-0.15, -0.1) is 0 Å². The van der Waals surface area contributed by atoms with Crippen molar-refractivity contribution in [2.24, 2.45) is 11.8 Å². The van der Waals surface area contributed by atoms with Gasteiger partial charge in [-0.25, -0.2) is 15.0 Å². The molecular weight excluding hydrogens is 439 g/mol. The van der Waals surface area contributed by atoms with Gasteiger partial charge in [-0.2, -0.15) is 0 Å². The van der Waals surface area contributed by atoms with E-state index < -0.39 is 12.2 Å². The molecule has 8 nitrogen and oxygen atoms in total. The molecule has 0 aliphatic heterocycles. The number of nitrogen functional groups attached to an aromatic ring is 1. The van der Waals surface area contributed by atoms with E-state index in [2.05, 4.69) is 33.5 Å². The molecule has 35 heavy (non-hydrogen) atoms. The van der Waals surface area contributed by atoms with Crippen LogP contribution in [0.1, 0.15) is 37.3 Å². The Balaban J connectivity index is 1.17. The highest BCUT2D eigenvalue weighted by molar-refractivity contribution is 6.36. The molecule has 0 amide bonds. The Bertz CT molecular complexity index is 1390. The monoisotopic (exact) mass is 468 g/mol. The van der Waals surface area contributed by atoms with E-state index in [1.807, 2.05) is 22.9 Å². The molecule has 9 heteroatoms. The van der Waals surface area contributed by atoms with Crippen LogP contribution in [-0.2, 0) is 6.42 Å². The Kier molecular flexibility index (Phi) is 5.61. The van der Waals surface area contributed by atoms with Crippen LogP contribution in [0, 0.1) is 11.8 Å². The Hall–Kier alpha value is -3.17. The number of aliphatic hydroxyl groups excluding tert-OH is 2. The molecule has 0 bridgehead atoms. The second-order valence-corrected chi connectivity index (χ2v) is 10.1. The van der Waals surface area contributed by atoms with Gasteiger partial charge in [0.05, 0.1) is 23.0 Å². The second-order valence-electron chi connectivity index (χ2n) is 10.1. The Morgan fingerprint density at radius 1 is 1.11 bits per heavy atom. The first-order chi connectivity index (χ1) is 17.0. The number of nitrogens with one attached hydrogen (secondary N) is 1. The van der Waals surface area contributed by atoms with Crippen molar-refractivity contribution in [1.82, 2.24) is 19.5 Å². The molecule has 0 spiro atoms. The lowest BCUT2D eigenvalue weighted by molar-refractivity contribution is 0.00545. The number of nitrogens with two attached hydrogens (primary N) is 1. The number of benzene rings is 1. The Morgan fingerprint density at radius 2 is 1.97 bits per heavy atom. The highest BCUT2D eigenvalue weighted by Crippen LogP contribution is 2.39. The fraction of sp³-hybridized carbons (Fsp3) is 0.423. The first-order valence-electron chi connectivity index (χ1n) is 12.3. The largest absolute Gasteiger partial charge is 0.390 e. The van der Waals surface area contributed by atoms with Gasteiger partial charge in [0.1, 0.15) is 37.6 Å². The molecule has 178 valence electrons. The Morgan fingerprint density at radius 3 is 2.80 bits per heavy atom. The van der Waals surface area contributed by atoms with Gasteiger partial charge < -0.3 is 25.8 Å². The first kappa shape index (κ1) is 22.3. The van der Waals surface area contributed by atoms with Gasteiger partial charge in [0.25, 0.3) is 0 Å². The van der Waals surface area contributed by atoms with Crippen LogP contribution in [-0.4, -0.2) is 56.3 Å². The summed E-state index contributed by atoms with van der Waals surface area (Å²) in [6.45, 7) is 0.917. The van der Waals surface area contributed by atoms with Crippen molar-refractivity contribution in [2.45, 2.75) is 50.4 Å². The van der Waals surface area contributed by atoms with Crippen molar-refractivity contribution in [3.05, 3.63) is 48.4 Å². The third-order valence-corrected chi connectivity index (χ3v) is 7.64. The molecule has 1 aromatic carbocycles. The van der Waals surface area contributed by atoms with Crippen molar-refractivity contribution >= 4 is 46.9 Å². The predicted octanol–water partition coefficient (Wildman–Crippen LogP) is 2.09.